The van der Waals surface area contributed by atoms with Crippen molar-refractivity contribution < 1.29 is 84.7 Å². The fraction of sp³-hybridized carbons (Fsp3) is 0.0769. The molecule has 0 aliphatic rings. The zero-order chi connectivity index (χ0) is 47.9. The number of fused-ring (bicyclic) bond motifs is 2. The minimum atomic E-state index is -2.00. The van der Waals surface area contributed by atoms with E-state index in [0.717, 1.165) is 28.4 Å². The number of aryl methyl sites for hydroxylation is 2. The summed E-state index contributed by atoms with van der Waals surface area (Å²) < 4.78 is 12.5. The number of nitrogens with one attached hydrogen (secondary N) is 2. The predicted octanol–water partition coefficient (Wildman–Crippen LogP) is 11.4. The van der Waals surface area contributed by atoms with Gasteiger partial charge in [0.1, 0.15) is 0 Å². The summed E-state index contributed by atoms with van der Waals surface area (Å²) in [5, 5.41) is 48.9. The van der Waals surface area contributed by atoms with E-state index >= 15 is 0 Å². The standard InChI is InChI=1S/C48H34N6O4.2C2H4O2.2Hg/c1-29-25-31(21-23-41(29)49-47(57)39-27-33-13-9-11-19-37(33)43(45(39)55)53-51-35-15-5-3-6-16-35)32-22-24-42(30(2)26-32)50-48(58)40-28-34-14-10-12-20-38(34)44(46(40)56)54-52-36-17-7-4-8-18-36;2*1-2(3)4;;/h5-28,55-56H,1-2H3,(H,49,57)(H,50,58);2*1H3,(H,3,4);;/q;;;2*+1/p-2. The van der Waals surface area contributed by atoms with Crippen molar-refractivity contribution in [1.82, 2.24) is 0 Å². The molecule has 68 heavy (non-hydrogen) atoms. The van der Waals surface area contributed by atoms with Gasteiger partial charge in [-0.2, -0.15) is 0 Å². The van der Waals surface area contributed by atoms with E-state index in [0.29, 0.717) is 44.3 Å². The van der Waals surface area contributed by atoms with Crippen LogP contribution in [0.1, 0.15) is 45.7 Å². The van der Waals surface area contributed by atoms with Crippen molar-refractivity contribution in [2.75, 3.05) is 10.6 Å². The number of anilines is 2. The first-order chi connectivity index (χ1) is 32.8. The molecule has 0 heterocycles. The molecule has 16 heteroatoms. The van der Waals surface area contributed by atoms with Gasteiger partial charge in [-0.1, -0.05) is 12.1 Å². The van der Waals surface area contributed by atoms with Crippen LogP contribution in [0, 0.1) is 13.8 Å². The molecular formula is C52H40Hg2N6O8. The Bertz CT molecular complexity index is 3120. The Kier molecular flexibility index (Phi) is 14.8. The summed E-state index contributed by atoms with van der Waals surface area (Å²) in [6.07, 6.45) is 0. The van der Waals surface area contributed by atoms with E-state index < -0.39 is 61.9 Å². The average molecular weight is 1280 g/mol. The van der Waals surface area contributed by atoms with E-state index in [2.05, 4.69) is 31.1 Å². The van der Waals surface area contributed by atoms with Crippen LogP contribution in [0.25, 0.3) is 32.7 Å². The number of benzene rings is 8. The summed E-state index contributed by atoms with van der Waals surface area (Å²) in [4.78, 5) is 50.1. The Balaban J connectivity index is 0.974. The van der Waals surface area contributed by atoms with Crippen molar-refractivity contribution in [2.24, 2.45) is 20.5 Å². The molecule has 0 aliphatic heterocycles. The number of azo groups is 2. The molecule has 14 nitrogen and oxygen atoms in total. The molecule has 0 unspecified atom stereocenters. The van der Waals surface area contributed by atoms with Gasteiger partial charge in [-0.3, -0.25) is 0 Å². The van der Waals surface area contributed by atoms with Crippen molar-refractivity contribution in [3.05, 3.63) is 168 Å². The Labute approximate surface area is 416 Å². The van der Waals surface area contributed by atoms with Crippen LogP contribution in [-0.2, 0) is 64.9 Å². The summed E-state index contributed by atoms with van der Waals surface area (Å²) >= 11 is -4.00. The van der Waals surface area contributed by atoms with Gasteiger partial charge in [-0.25, -0.2) is 0 Å². The third kappa shape index (κ3) is 11.2. The second-order valence-electron chi connectivity index (χ2n) is 15.9. The van der Waals surface area contributed by atoms with Gasteiger partial charge < -0.3 is 0 Å². The zero-order valence-corrected chi connectivity index (χ0v) is 48.4. The van der Waals surface area contributed by atoms with E-state index in [4.69, 9.17) is 5.29 Å². The molecule has 8 rings (SSSR count). The van der Waals surface area contributed by atoms with Gasteiger partial charge in [-0.05, 0) is 60.4 Å². The number of phenolic OH excluding ortho intramolecular Hbond substituents is 2. The molecule has 2 amide bonds. The molecular weight excluding hydrogens is 1240 g/mol. The van der Waals surface area contributed by atoms with E-state index in [1.165, 1.54) is 13.8 Å². The van der Waals surface area contributed by atoms with E-state index in [1.807, 2.05) is 98.8 Å². The molecule has 0 saturated heterocycles. The van der Waals surface area contributed by atoms with Crippen LogP contribution in [0.3, 0.4) is 0 Å². The third-order valence-electron chi connectivity index (χ3n) is 11.0. The fourth-order valence-corrected chi connectivity index (χ4v) is 13.6. The summed E-state index contributed by atoms with van der Waals surface area (Å²) in [5.74, 6) is -2.25. The van der Waals surface area contributed by atoms with Gasteiger partial charge in [0, 0.05) is 0 Å². The minimum absolute atomic E-state index is 0.0286. The van der Waals surface area contributed by atoms with Crippen molar-refractivity contribution in [1.29, 1.82) is 0 Å². The molecule has 0 aromatic heterocycles. The number of amides is 2. The van der Waals surface area contributed by atoms with Crippen LogP contribution >= 0.6 is 0 Å². The monoisotopic (exact) mass is 1280 g/mol. The van der Waals surface area contributed by atoms with Gasteiger partial charge in [0.25, 0.3) is 0 Å². The van der Waals surface area contributed by atoms with Gasteiger partial charge in [-0.15, -0.1) is 0 Å². The van der Waals surface area contributed by atoms with Crippen LogP contribution in [0.15, 0.2) is 166 Å². The number of rotatable bonds is 13. The molecule has 0 saturated carbocycles. The van der Waals surface area contributed by atoms with Gasteiger partial charge >= 0.3 is 347 Å². The van der Waals surface area contributed by atoms with Crippen LogP contribution < -0.4 is 16.8 Å². The first-order valence-electron chi connectivity index (χ1n) is 21.4. The number of carbonyl (C=O) groups excluding carboxylic acids is 4. The van der Waals surface area contributed by atoms with Gasteiger partial charge in [0.15, 0.2) is 0 Å². The Morgan fingerprint density at radius 2 is 0.868 bits per heavy atom. The number of hydrogen-bond donors (Lipinski definition) is 4. The van der Waals surface area contributed by atoms with E-state index in [1.54, 1.807) is 60.7 Å². The summed E-state index contributed by atoms with van der Waals surface area (Å²) in [7, 11) is 0. The van der Waals surface area contributed by atoms with Gasteiger partial charge in [0.05, 0.1) is 0 Å². The molecule has 0 bridgehead atoms. The molecule has 0 spiro atoms. The van der Waals surface area contributed by atoms with Gasteiger partial charge in [0.2, 0.25) is 0 Å². The zero-order valence-electron chi connectivity index (χ0n) is 37.4. The number of aromatic hydroxyl groups is 2. The quantitative estimate of drug-likeness (QED) is 0.0645. The number of phenols is 2. The van der Waals surface area contributed by atoms with Crippen LogP contribution in [0.5, 0.6) is 11.5 Å². The molecule has 0 radical (unpaired) electrons. The Morgan fingerprint density at radius 1 is 0.485 bits per heavy atom. The second-order valence-corrected chi connectivity index (χ2v) is 26.8. The predicted molar refractivity (Wildman–Crippen MR) is 253 cm³/mol. The van der Waals surface area contributed by atoms with Crippen molar-refractivity contribution in [3.8, 4) is 22.6 Å². The first kappa shape index (κ1) is 47.3. The molecule has 0 atom stereocenters. The normalized spacial score (nSPS) is 11.1. The molecule has 4 N–H and O–H groups in total. The number of hydrogen-bond acceptors (Lipinski definition) is 12. The molecule has 8 aromatic carbocycles. The third-order valence-corrected chi connectivity index (χ3v) is 21.6. The fourth-order valence-electron chi connectivity index (χ4n) is 7.43. The van der Waals surface area contributed by atoms with Crippen LogP contribution in [0.4, 0.5) is 34.1 Å². The van der Waals surface area contributed by atoms with Crippen LogP contribution in [0.2, 0.25) is 0 Å². The van der Waals surface area contributed by atoms with E-state index in [-0.39, 0.29) is 45.9 Å². The second kappa shape index (κ2) is 21.2. The molecule has 330 valence electrons. The SMILES string of the molecule is CC(=O)[O][Hg][c]1ccc(N=Nc2c(O)c(C(=O)Nc3ccc(-c4ccc(NC(=O)c5cc6ccccc6c(N=Nc6cc[c]([Hg][O]C(C)=O)cc6)c5O)c(C)c4)cc3C)cc3ccccc23)cc1. The van der Waals surface area contributed by atoms with Crippen LogP contribution in [-0.4, -0.2) is 34.0 Å². The summed E-state index contributed by atoms with van der Waals surface area (Å²) in [6, 6.07) is 43.5. The Morgan fingerprint density at radius 3 is 1.24 bits per heavy atom. The Hall–Kier alpha value is -7.17. The van der Waals surface area contributed by atoms with Crippen molar-refractivity contribution in [2.45, 2.75) is 27.7 Å². The topological polar surface area (TPSA) is 201 Å². The van der Waals surface area contributed by atoms with E-state index in [9.17, 15) is 29.4 Å². The summed E-state index contributed by atoms with van der Waals surface area (Å²) in [5.41, 5.74) is 5.79. The number of carbonyl (C=O) groups is 4. The van der Waals surface area contributed by atoms with Crippen molar-refractivity contribution in [3.63, 3.8) is 0 Å². The summed E-state index contributed by atoms with van der Waals surface area (Å²) in [6.45, 7) is 6.54. The first-order valence-corrected chi connectivity index (χ1v) is 31.4. The maximum atomic E-state index is 13.8. The number of nitrogens with zero attached hydrogens (tertiary/aromatic N) is 4. The molecule has 0 aliphatic carbocycles. The van der Waals surface area contributed by atoms with Crippen molar-refractivity contribution >= 4 is 85.6 Å². The average Bonchev–Trinajstić information content (AvgIpc) is 3.33. The maximum absolute atomic E-state index is 13.8. The molecule has 0 fully saturated rings. The molecule has 8 aromatic rings.